The number of rotatable bonds is 3. The Morgan fingerprint density at radius 2 is 2.36 bits per heavy atom. The molecule has 0 unspecified atom stereocenters. The van der Waals surface area contributed by atoms with Crippen molar-refractivity contribution in [2.24, 2.45) is 5.73 Å². The van der Waals surface area contributed by atoms with E-state index in [1.165, 1.54) is 6.26 Å². The zero-order valence-corrected chi connectivity index (χ0v) is 9.72. The highest BCUT2D eigenvalue weighted by molar-refractivity contribution is 9.10. The Hall–Kier alpha value is -0.810. The molecule has 1 aromatic heterocycles. The van der Waals surface area contributed by atoms with Gasteiger partial charge in [0.1, 0.15) is 0 Å². The van der Waals surface area contributed by atoms with Gasteiger partial charge in [0.2, 0.25) is 5.76 Å². The van der Waals surface area contributed by atoms with Crippen LogP contribution in [0, 0.1) is 0 Å². The topological polar surface area (TPSA) is 68.3 Å². The van der Waals surface area contributed by atoms with Crippen molar-refractivity contribution in [1.82, 2.24) is 5.32 Å². The summed E-state index contributed by atoms with van der Waals surface area (Å²) in [6.07, 6.45) is 1.45. The monoisotopic (exact) mass is 260 g/mol. The summed E-state index contributed by atoms with van der Waals surface area (Å²) < 4.78 is 5.66. The van der Waals surface area contributed by atoms with Crippen molar-refractivity contribution in [2.75, 3.05) is 6.54 Å². The summed E-state index contributed by atoms with van der Waals surface area (Å²) in [4.78, 5) is 11.6. The van der Waals surface area contributed by atoms with Crippen LogP contribution in [-0.4, -0.2) is 18.0 Å². The average molecular weight is 261 g/mol. The fourth-order valence-electron chi connectivity index (χ4n) is 0.871. The lowest BCUT2D eigenvalue weighted by Gasteiger charge is -2.23. The molecule has 0 saturated heterocycles. The molecule has 0 saturated carbocycles. The highest BCUT2D eigenvalue weighted by atomic mass is 79.9. The minimum atomic E-state index is -0.427. The molecule has 0 aliphatic heterocycles. The van der Waals surface area contributed by atoms with Gasteiger partial charge in [-0.2, -0.15) is 0 Å². The number of carbonyl (C=O) groups is 1. The van der Waals surface area contributed by atoms with E-state index < -0.39 is 5.54 Å². The fraction of sp³-hybridized carbons (Fsp3) is 0.444. The van der Waals surface area contributed by atoms with Gasteiger partial charge in [-0.25, -0.2) is 0 Å². The van der Waals surface area contributed by atoms with Crippen LogP contribution in [0.4, 0.5) is 0 Å². The van der Waals surface area contributed by atoms with Crippen molar-refractivity contribution in [3.63, 3.8) is 0 Å². The zero-order valence-electron chi connectivity index (χ0n) is 8.13. The van der Waals surface area contributed by atoms with Crippen molar-refractivity contribution >= 4 is 21.8 Å². The molecule has 4 nitrogen and oxygen atoms in total. The minimum absolute atomic E-state index is 0.266. The summed E-state index contributed by atoms with van der Waals surface area (Å²) in [7, 11) is 0. The van der Waals surface area contributed by atoms with E-state index in [9.17, 15) is 4.79 Å². The van der Waals surface area contributed by atoms with E-state index >= 15 is 0 Å². The number of hydrogen-bond acceptors (Lipinski definition) is 3. The van der Waals surface area contributed by atoms with Crippen LogP contribution in [0.5, 0.6) is 0 Å². The van der Waals surface area contributed by atoms with Gasteiger partial charge in [0, 0.05) is 12.1 Å². The number of halogens is 1. The van der Waals surface area contributed by atoms with Crippen LogP contribution in [0.25, 0.3) is 0 Å². The number of furan rings is 1. The molecule has 3 N–H and O–H groups in total. The second-order valence-corrected chi connectivity index (χ2v) is 4.49. The molecule has 1 heterocycles. The number of carbonyl (C=O) groups excluding carboxylic acids is 1. The molecular weight excluding hydrogens is 248 g/mol. The second-order valence-electron chi connectivity index (χ2n) is 3.64. The van der Waals surface area contributed by atoms with Gasteiger partial charge in [0.25, 0.3) is 5.91 Å². The summed E-state index contributed by atoms with van der Waals surface area (Å²) >= 11 is 3.21. The predicted octanol–water partition coefficient (Wildman–Crippen LogP) is 1.51. The van der Waals surface area contributed by atoms with E-state index in [0.29, 0.717) is 11.0 Å². The van der Waals surface area contributed by atoms with Gasteiger partial charge < -0.3 is 15.5 Å². The van der Waals surface area contributed by atoms with Crippen LogP contribution >= 0.6 is 15.9 Å². The number of hydrogen-bond donors (Lipinski definition) is 2. The Kier molecular flexibility index (Phi) is 3.34. The van der Waals surface area contributed by atoms with Gasteiger partial charge in [0.05, 0.1) is 10.7 Å². The number of amides is 1. The van der Waals surface area contributed by atoms with E-state index in [1.54, 1.807) is 6.07 Å². The highest BCUT2D eigenvalue weighted by Crippen LogP contribution is 2.17. The first-order chi connectivity index (χ1) is 6.46. The van der Waals surface area contributed by atoms with E-state index in [0.717, 1.165) is 0 Å². The molecule has 0 fully saturated rings. The van der Waals surface area contributed by atoms with Gasteiger partial charge in [-0.3, -0.25) is 4.79 Å². The minimum Gasteiger partial charge on any atom is -0.458 e. The van der Waals surface area contributed by atoms with E-state index in [2.05, 4.69) is 21.2 Å². The van der Waals surface area contributed by atoms with Gasteiger partial charge in [-0.05, 0) is 35.8 Å². The molecule has 5 heteroatoms. The Balaban J connectivity index is 2.73. The highest BCUT2D eigenvalue weighted by Gasteiger charge is 2.22. The van der Waals surface area contributed by atoms with E-state index in [4.69, 9.17) is 10.2 Å². The summed E-state index contributed by atoms with van der Waals surface area (Å²) in [5.74, 6) is 0.00356. The first-order valence-electron chi connectivity index (χ1n) is 4.22. The maximum absolute atomic E-state index is 11.6. The molecule has 1 aromatic rings. The maximum Gasteiger partial charge on any atom is 0.288 e. The Morgan fingerprint density at radius 1 is 1.71 bits per heavy atom. The standard InChI is InChI=1S/C9H13BrN2O2/c1-9(2,5-11)12-8(13)7-6(10)3-4-14-7/h3-4H,5,11H2,1-2H3,(H,12,13). The molecule has 0 aliphatic rings. The van der Waals surface area contributed by atoms with Crippen molar-refractivity contribution in [2.45, 2.75) is 19.4 Å². The normalized spacial score (nSPS) is 11.4. The quantitative estimate of drug-likeness (QED) is 0.866. The summed E-state index contributed by atoms with van der Waals surface area (Å²) in [5.41, 5.74) is 5.06. The molecule has 1 amide bonds. The second kappa shape index (κ2) is 4.14. The number of nitrogens with one attached hydrogen (secondary N) is 1. The zero-order chi connectivity index (χ0) is 10.8. The molecule has 0 aromatic carbocycles. The van der Waals surface area contributed by atoms with Crippen molar-refractivity contribution in [3.8, 4) is 0 Å². The van der Waals surface area contributed by atoms with Crippen LogP contribution in [0.2, 0.25) is 0 Å². The largest absolute Gasteiger partial charge is 0.458 e. The van der Waals surface area contributed by atoms with Gasteiger partial charge in [-0.1, -0.05) is 0 Å². The van der Waals surface area contributed by atoms with Crippen molar-refractivity contribution in [3.05, 3.63) is 22.6 Å². The third-order valence-electron chi connectivity index (χ3n) is 1.79. The Morgan fingerprint density at radius 3 is 2.79 bits per heavy atom. The van der Waals surface area contributed by atoms with Gasteiger partial charge in [-0.15, -0.1) is 0 Å². The van der Waals surface area contributed by atoms with Crippen molar-refractivity contribution < 1.29 is 9.21 Å². The average Bonchev–Trinajstić information content (AvgIpc) is 2.51. The molecule has 0 radical (unpaired) electrons. The third-order valence-corrected chi connectivity index (χ3v) is 2.41. The lowest BCUT2D eigenvalue weighted by atomic mass is 10.1. The first-order valence-corrected chi connectivity index (χ1v) is 5.01. The van der Waals surface area contributed by atoms with E-state index in [-0.39, 0.29) is 11.7 Å². The predicted molar refractivity (Wildman–Crippen MR) is 57.0 cm³/mol. The Labute approximate surface area is 91.0 Å². The molecule has 0 bridgehead atoms. The van der Waals surface area contributed by atoms with E-state index in [1.807, 2.05) is 13.8 Å². The lowest BCUT2D eigenvalue weighted by molar-refractivity contribution is 0.0886. The van der Waals surface area contributed by atoms with Crippen LogP contribution < -0.4 is 11.1 Å². The van der Waals surface area contributed by atoms with Crippen LogP contribution in [0.15, 0.2) is 21.2 Å². The fourth-order valence-corrected chi connectivity index (χ4v) is 1.25. The van der Waals surface area contributed by atoms with Crippen LogP contribution in [0.1, 0.15) is 24.4 Å². The van der Waals surface area contributed by atoms with Crippen LogP contribution in [-0.2, 0) is 0 Å². The Bertz CT molecular complexity index is 333. The summed E-state index contributed by atoms with van der Waals surface area (Å²) in [6, 6.07) is 1.67. The smallest absolute Gasteiger partial charge is 0.288 e. The van der Waals surface area contributed by atoms with Gasteiger partial charge >= 0.3 is 0 Å². The molecule has 0 spiro atoms. The summed E-state index contributed by atoms with van der Waals surface area (Å²) in [5, 5.41) is 2.76. The maximum atomic E-state index is 11.6. The molecule has 0 aliphatic carbocycles. The van der Waals surface area contributed by atoms with Crippen molar-refractivity contribution in [1.29, 1.82) is 0 Å². The lowest BCUT2D eigenvalue weighted by Crippen LogP contribution is -2.48. The molecular formula is C9H13BrN2O2. The third kappa shape index (κ3) is 2.59. The molecule has 78 valence electrons. The van der Waals surface area contributed by atoms with Gasteiger partial charge in [0.15, 0.2) is 0 Å². The van der Waals surface area contributed by atoms with Crippen LogP contribution in [0.3, 0.4) is 0 Å². The molecule has 14 heavy (non-hydrogen) atoms. The number of nitrogens with two attached hydrogens (primary N) is 1. The summed E-state index contributed by atoms with van der Waals surface area (Å²) in [6.45, 7) is 4.07. The molecule has 0 atom stereocenters. The SMILES string of the molecule is CC(C)(CN)NC(=O)c1occc1Br. The first kappa shape index (κ1) is 11.3. The molecule has 1 rings (SSSR count).